The van der Waals surface area contributed by atoms with Crippen LogP contribution in [0.25, 0.3) is 6.08 Å². The van der Waals surface area contributed by atoms with E-state index in [2.05, 4.69) is 20.5 Å². The van der Waals surface area contributed by atoms with Gasteiger partial charge in [-0.3, -0.25) is 19.8 Å². The Bertz CT molecular complexity index is 801. The van der Waals surface area contributed by atoms with Crippen molar-refractivity contribution in [3.63, 3.8) is 0 Å². The normalized spacial score (nSPS) is 14.9. The highest BCUT2D eigenvalue weighted by Gasteiger charge is 2.12. The van der Waals surface area contributed by atoms with Crippen molar-refractivity contribution in [3.05, 3.63) is 53.0 Å². The third kappa shape index (κ3) is 6.88. The van der Waals surface area contributed by atoms with Gasteiger partial charge >= 0.3 is 0 Å². The highest BCUT2D eigenvalue weighted by atomic mass is 32.1. The molecule has 2 N–H and O–H groups in total. The third-order valence-electron chi connectivity index (χ3n) is 4.20. The number of nitrogens with zero attached hydrogens (tertiary/aromatic N) is 2. The molecule has 0 bridgehead atoms. The molecule has 7 nitrogen and oxygen atoms in total. The first-order valence-electron chi connectivity index (χ1n) is 9.24. The standard InChI is InChI=1S/C20H24N4O3S/c25-18(7-6-16-4-2-1-3-5-16)23-20-22-17(15-28-20)14-19(26)21-8-9-24-10-12-27-13-11-24/h1-7,15H,8-14H2,(H,21,26)(H,22,23,25)/b7-6+. The van der Waals surface area contributed by atoms with Gasteiger partial charge in [-0.1, -0.05) is 30.3 Å². The summed E-state index contributed by atoms with van der Waals surface area (Å²) in [5.74, 6) is -0.319. The van der Waals surface area contributed by atoms with Gasteiger partial charge in [0.05, 0.1) is 25.3 Å². The number of amides is 2. The highest BCUT2D eigenvalue weighted by Crippen LogP contribution is 2.16. The van der Waals surface area contributed by atoms with E-state index in [-0.39, 0.29) is 18.2 Å². The fraction of sp³-hybridized carbons (Fsp3) is 0.350. The summed E-state index contributed by atoms with van der Waals surface area (Å²) in [6.07, 6.45) is 3.41. The average Bonchev–Trinajstić information content (AvgIpc) is 3.14. The van der Waals surface area contributed by atoms with Crippen molar-refractivity contribution >= 4 is 34.4 Å². The summed E-state index contributed by atoms with van der Waals surface area (Å²) in [5.41, 5.74) is 1.60. The Morgan fingerprint density at radius 1 is 1.21 bits per heavy atom. The second-order valence-electron chi connectivity index (χ2n) is 6.36. The molecule has 2 amide bonds. The number of nitrogens with one attached hydrogen (secondary N) is 2. The van der Waals surface area contributed by atoms with Crippen LogP contribution in [0.2, 0.25) is 0 Å². The van der Waals surface area contributed by atoms with Crippen molar-refractivity contribution in [2.24, 2.45) is 0 Å². The summed E-state index contributed by atoms with van der Waals surface area (Å²) < 4.78 is 5.30. The largest absolute Gasteiger partial charge is 0.379 e. The Kier molecular flexibility index (Phi) is 7.71. The maximum atomic E-state index is 12.1. The Labute approximate surface area is 168 Å². The van der Waals surface area contributed by atoms with E-state index in [1.54, 1.807) is 11.5 Å². The number of ether oxygens (including phenoxy) is 1. The molecular weight excluding hydrogens is 376 g/mol. The van der Waals surface area contributed by atoms with Gasteiger partial charge in [-0.05, 0) is 11.6 Å². The van der Waals surface area contributed by atoms with Crippen LogP contribution in [-0.2, 0) is 20.7 Å². The minimum atomic E-state index is -0.250. The zero-order chi connectivity index (χ0) is 19.6. The molecule has 1 fully saturated rings. The van der Waals surface area contributed by atoms with E-state index in [9.17, 15) is 9.59 Å². The van der Waals surface area contributed by atoms with Gasteiger partial charge in [0.15, 0.2) is 5.13 Å². The number of hydrogen-bond donors (Lipinski definition) is 2. The van der Waals surface area contributed by atoms with Crippen molar-refractivity contribution in [1.29, 1.82) is 0 Å². The van der Waals surface area contributed by atoms with Gasteiger partial charge in [0.25, 0.3) is 0 Å². The molecular formula is C20H24N4O3S. The Hall–Kier alpha value is -2.55. The van der Waals surface area contributed by atoms with E-state index < -0.39 is 0 Å². The minimum Gasteiger partial charge on any atom is -0.379 e. The summed E-state index contributed by atoms with van der Waals surface area (Å²) in [6, 6.07) is 9.59. The molecule has 148 valence electrons. The minimum absolute atomic E-state index is 0.0691. The quantitative estimate of drug-likeness (QED) is 0.660. The molecule has 0 aliphatic carbocycles. The molecule has 2 heterocycles. The van der Waals surface area contributed by atoms with Crippen LogP contribution in [0.4, 0.5) is 5.13 Å². The molecule has 0 atom stereocenters. The molecule has 0 unspecified atom stereocenters. The zero-order valence-corrected chi connectivity index (χ0v) is 16.4. The Morgan fingerprint density at radius 3 is 2.79 bits per heavy atom. The molecule has 28 heavy (non-hydrogen) atoms. The molecule has 0 spiro atoms. The number of anilines is 1. The molecule has 1 aromatic heterocycles. The lowest BCUT2D eigenvalue weighted by Gasteiger charge is -2.26. The van der Waals surface area contributed by atoms with Crippen molar-refractivity contribution in [2.45, 2.75) is 6.42 Å². The zero-order valence-electron chi connectivity index (χ0n) is 15.6. The number of thiazole rings is 1. The molecule has 2 aromatic rings. The molecule has 0 radical (unpaired) electrons. The number of carbonyl (C=O) groups is 2. The fourth-order valence-corrected chi connectivity index (χ4v) is 3.45. The van der Waals surface area contributed by atoms with Crippen LogP contribution in [0, 0.1) is 0 Å². The van der Waals surface area contributed by atoms with Gasteiger partial charge < -0.3 is 10.1 Å². The van der Waals surface area contributed by atoms with E-state index in [1.165, 1.54) is 17.4 Å². The topological polar surface area (TPSA) is 83.6 Å². The molecule has 0 saturated carbocycles. The third-order valence-corrected chi connectivity index (χ3v) is 5.01. The number of carbonyl (C=O) groups excluding carboxylic acids is 2. The van der Waals surface area contributed by atoms with Gasteiger partial charge in [0.1, 0.15) is 0 Å². The smallest absolute Gasteiger partial charge is 0.250 e. The lowest BCUT2D eigenvalue weighted by molar-refractivity contribution is -0.120. The molecule has 1 aliphatic rings. The number of hydrogen-bond acceptors (Lipinski definition) is 6. The number of morpholine rings is 1. The van der Waals surface area contributed by atoms with Crippen molar-refractivity contribution in [1.82, 2.24) is 15.2 Å². The van der Waals surface area contributed by atoms with Gasteiger partial charge in [-0.15, -0.1) is 11.3 Å². The summed E-state index contributed by atoms with van der Waals surface area (Å²) in [7, 11) is 0. The van der Waals surface area contributed by atoms with E-state index in [0.717, 1.165) is 38.4 Å². The number of rotatable bonds is 8. The van der Waals surface area contributed by atoms with Crippen LogP contribution in [-0.4, -0.2) is 61.1 Å². The van der Waals surface area contributed by atoms with E-state index in [0.29, 0.717) is 17.4 Å². The van der Waals surface area contributed by atoms with E-state index >= 15 is 0 Å². The summed E-state index contributed by atoms with van der Waals surface area (Å²) in [4.78, 5) is 30.6. The van der Waals surface area contributed by atoms with Crippen LogP contribution >= 0.6 is 11.3 Å². The summed E-state index contributed by atoms with van der Waals surface area (Å²) in [5, 5.41) is 7.91. The summed E-state index contributed by atoms with van der Waals surface area (Å²) in [6.45, 7) is 4.75. The molecule has 1 saturated heterocycles. The van der Waals surface area contributed by atoms with Crippen LogP contribution in [0.15, 0.2) is 41.8 Å². The predicted octanol–water partition coefficient (Wildman–Crippen LogP) is 1.79. The fourth-order valence-electron chi connectivity index (χ4n) is 2.73. The maximum Gasteiger partial charge on any atom is 0.250 e. The monoisotopic (exact) mass is 400 g/mol. The molecule has 1 aliphatic heterocycles. The first kappa shape index (κ1) is 20.2. The van der Waals surface area contributed by atoms with Crippen LogP contribution in [0.1, 0.15) is 11.3 Å². The first-order valence-corrected chi connectivity index (χ1v) is 10.1. The second-order valence-corrected chi connectivity index (χ2v) is 7.22. The number of aromatic nitrogens is 1. The highest BCUT2D eigenvalue weighted by molar-refractivity contribution is 7.14. The maximum absolute atomic E-state index is 12.1. The number of benzene rings is 1. The van der Waals surface area contributed by atoms with Crippen molar-refractivity contribution in [3.8, 4) is 0 Å². The average molecular weight is 401 g/mol. The second kappa shape index (κ2) is 10.7. The van der Waals surface area contributed by atoms with E-state index in [1.807, 2.05) is 30.3 Å². The van der Waals surface area contributed by atoms with Crippen LogP contribution in [0.3, 0.4) is 0 Å². The summed E-state index contributed by atoms with van der Waals surface area (Å²) >= 11 is 1.31. The van der Waals surface area contributed by atoms with Crippen molar-refractivity contribution in [2.75, 3.05) is 44.7 Å². The molecule has 8 heteroatoms. The Morgan fingerprint density at radius 2 is 2.00 bits per heavy atom. The molecule has 1 aromatic carbocycles. The van der Waals surface area contributed by atoms with Gasteiger partial charge in [0, 0.05) is 37.6 Å². The lowest BCUT2D eigenvalue weighted by Crippen LogP contribution is -2.41. The Balaban J connectivity index is 1.38. The van der Waals surface area contributed by atoms with E-state index in [4.69, 9.17) is 4.74 Å². The van der Waals surface area contributed by atoms with Gasteiger partial charge in [-0.25, -0.2) is 4.98 Å². The predicted molar refractivity (Wildman–Crippen MR) is 110 cm³/mol. The first-order chi connectivity index (χ1) is 13.7. The van der Waals surface area contributed by atoms with Crippen LogP contribution < -0.4 is 10.6 Å². The van der Waals surface area contributed by atoms with Gasteiger partial charge in [0.2, 0.25) is 11.8 Å². The van der Waals surface area contributed by atoms with Crippen molar-refractivity contribution < 1.29 is 14.3 Å². The molecule has 3 rings (SSSR count). The lowest BCUT2D eigenvalue weighted by atomic mass is 10.2. The van der Waals surface area contributed by atoms with Gasteiger partial charge in [-0.2, -0.15) is 0 Å². The van der Waals surface area contributed by atoms with Crippen LogP contribution in [0.5, 0.6) is 0 Å². The SMILES string of the molecule is O=C(/C=C/c1ccccc1)Nc1nc(CC(=O)NCCN2CCOCC2)cs1.